The Labute approximate surface area is 273 Å². The Kier molecular flexibility index (Phi) is 6.47. The third-order valence-electron chi connectivity index (χ3n) is 8.18. The molecular formula is C40H24N4S2. The van der Waals surface area contributed by atoms with Crippen LogP contribution in [0.5, 0.6) is 0 Å². The fourth-order valence-electron chi connectivity index (χ4n) is 5.83. The lowest BCUT2D eigenvalue weighted by atomic mass is 10.0. The first-order chi connectivity index (χ1) is 22.7. The molecule has 3 heterocycles. The second kappa shape index (κ2) is 11.1. The van der Waals surface area contributed by atoms with Gasteiger partial charge in [0.25, 0.3) is 0 Å². The van der Waals surface area contributed by atoms with Crippen molar-refractivity contribution in [1.29, 1.82) is 0 Å². The van der Waals surface area contributed by atoms with Crippen LogP contribution in [0.15, 0.2) is 146 Å². The SMILES string of the molecule is c1ccc(-c2ccc(-c3nc(-c4ccccc4)nc(-c4ccc5c(c4)sc4cc6sc(-c7ccccc7)nc6cc45)n3)cc2)cc1. The molecule has 3 aromatic heterocycles. The summed E-state index contributed by atoms with van der Waals surface area (Å²) in [5.41, 5.74) is 7.40. The summed E-state index contributed by atoms with van der Waals surface area (Å²) >= 11 is 3.54. The molecule has 6 heteroatoms. The zero-order chi connectivity index (χ0) is 30.5. The van der Waals surface area contributed by atoms with Crippen molar-refractivity contribution < 1.29 is 0 Å². The van der Waals surface area contributed by atoms with Crippen molar-refractivity contribution in [2.24, 2.45) is 0 Å². The smallest absolute Gasteiger partial charge is 0.164 e. The average Bonchev–Trinajstić information content (AvgIpc) is 3.71. The molecule has 46 heavy (non-hydrogen) atoms. The number of rotatable bonds is 5. The summed E-state index contributed by atoms with van der Waals surface area (Å²) in [4.78, 5) is 19.9. The van der Waals surface area contributed by atoms with Crippen molar-refractivity contribution in [2.75, 3.05) is 0 Å². The number of thiazole rings is 1. The molecule has 0 radical (unpaired) electrons. The summed E-state index contributed by atoms with van der Waals surface area (Å²) in [6.45, 7) is 0. The van der Waals surface area contributed by atoms with Gasteiger partial charge in [-0.1, -0.05) is 127 Å². The standard InChI is InChI=1S/C40H24N4S2/c1-4-10-25(11-5-1)26-16-18-28(19-17-26)38-42-37(27-12-6-2-7-13-27)43-39(44-38)30-20-21-31-32-23-33-36(24-35(32)45-34(31)22-30)46-40(41-33)29-14-8-3-9-15-29/h1-24H. The number of benzene rings is 6. The quantitative estimate of drug-likeness (QED) is 0.191. The second-order valence-electron chi connectivity index (χ2n) is 11.1. The van der Waals surface area contributed by atoms with Crippen LogP contribution in [0.3, 0.4) is 0 Å². The molecule has 0 spiro atoms. The van der Waals surface area contributed by atoms with E-state index in [2.05, 4.69) is 103 Å². The first kappa shape index (κ1) is 26.8. The maximum absolute atomic E-state index is 5.01. The molecule has 0 aliphatic carbocycles. The van der Waals surface area contributed by atoms with E-state index in [-0.39, 0.29) is 0 Å². The summed E-state index contributed by atoms with van der Waals surface area (Å²) < 4.78 is 3.65. The van der Waals surface area contributed by atoms with Crippen molar-refractivity contribution in [2.45, 2.75) is 0 Å². The van der Waals surface area contributed by atoms with Gasteiger partial charge in [-0.2, -0.15) is 0 Å². The molecule has 6 aromatic carbocycles. The summed E-state index contributed by atoms with van der Waals surface area (Å²) in [5.74, 6) is 1.97. The highest BCUT2D eigenvalue weighted by molar-refractivity contribution is 7.26. The summed E-state index contributed by atoms with van der Waals surface area (Å²) in [7, 11) is 0. The lowest BCUT2D eigenvalue weighted by Crippen LogP contribution is -2.00. The molecule has 0 saturated heterocycles. The Balaban J connectivity index is 1.14. The van der Waals surface area contributed by atoms with Gasteiger partial charge in [0.2, 0.25) is 0 Å². The Morgan fingerprint density at radius 1 is 0.326 bits per heavy atom. The largest absolute Gasteiger partial charge is 0.236 e. The van der Waals surface area contributed by atoms with Gasteiger partial charge in [0.1, 0.15) is 5.01 Å². The van der Waals surface area contributed by atoms with Gasteiger partial charge in [-0.15, -0.1) is 22.7 Å². The Bertz CT molecular complexity index is 2500. The molecule has 0 saturated carbocycles. The van der Waals surface area contributed by atoms with E-state index in [0.29, 0.717) is 17.5 Å². The molecule has 0 N–H and O–H groups in total. The lowest BCUT2D eigenvalue weighted by Gasteiger charge is -2.09. The van der Waals surface area contributed by atoms with Gasteiger partial charge in [-0.3, -0.25) is 0 Å². The van der Waals surface area contributed by atoms with Gasteiger partial charge in [0.15, 0.2) is 17.5 Å². The third kappa shape index (κ3) is 4.85. The first-order valence-electron chi connectivity index (χ1n) is 15.1. The molecule has 9 rings (SSSR count). The van der Waals surface area contributed by atoms with Gasteiger partial charge in [-0.05, 0) is 29.3 Å². The fourth-order valence-corrected chi connectivity index (χ4v) is 8.07. The van der Waals surface area contributed by atoms with Crippen LogP contribution in [0.25, 0.3) is 86.3 Å². The molecule has 0 unspecified atom stereocenters. The number of hydrogen-bond donors (Lipinski definition) is 0. The Morgan fingerprint density at radius 2 is 0.826 bits per heavy atom. The van der Waals surface area contributed by atoms with E-state index >= 15 is 0 Å². The predicted molar refractivity (Wildman–Crippen MR) is 193 cm³/mol. The first-order valence-corrected chi connectivity index (χ1v) is 16.7. The van der Waals surface area contributed by atoms with Crippen molar-refractivity contribution in [3.8, 4) is 55.9 Å². The van der Waals surface area contributed by atoms with E-state index in [4.69, 9.17) is 19.9 Å². The van der Waals surface area contributed by atoms with E-state index in [1.165, 1.54) is 30.4 Å². The summed E-state index contributed by atoms with van der Waals surface area (Å²) in [6.07, 6.45) is 0. The van der Waals surface area contributed by atoms with Crippen LogP contribution in [0.2, 0.25) is 0 Å². The van der Waals surface area contributed by atoms with Gasteiger partial charge in [0.05, 0.1) is 10.2 Å². The number of thiophene rings is 1. The Hall–Kier alpha value is -5.56. The van der Waals surface area contributed by atoms with Gasteiger partial charge >= 0.3 is 0 Å². The average molecular weight is 625 g/mol. The lowest BCUT2D eigenvalue weighted by molar-refractivity contribution is 1.07. The van der Waals surface area contributed by atoms with E-state index in [0.717, 1.165) is 38.3 Å². The number of aromatic nitrogens is 4. The van der Waals surface area contributed by atoms with E-state index in [1.807, 2.05) is 42.5 Å². The van der Waals surface area contributed by atoms with E-state index < -0.39 is 0 Å². The maximum atomic E-state index is 5.01. The molecule has 0 aliphatic heterocycles. The zero-order valence-corrected chi connectivity index (χ0v) is 26.1. The minimum absolute atomic E-state index is 0.653. The molecule has 9 aromatic rings. The molecule has 0 atom stereocenters. The normalized spacial score (nSPS) is 11.5. The van der Waals surface area contributed by atoms with Gasteiger partial charge in [0, 0.05) is 42.4 Å². The van der Waals surface area contributed by atoms with Crippen LogP contribution in [0.4, 0.5) is 0 Å². The van der Waals surface area contributed by atoms with Crippen molar-refractivity contribution >= 4 is 53.1 Å². The van der Waals surface area contributed by atoms with Crippen molar-refractivity contribution in [3.63, 3.8) is 0 Å². The monoisotopic (exact) mass is 624 g/mol. The highest BCUT2D eigenvalue weighted by Gasteiger charge is 2.16. The minimum Gasteiger partial charge on any atom is -0.236 e. The van der Waals surface area contributed by atoms with E-state index in [9.17, 15) is 0 Å². The summed E-state index contributed by atoms with van der Waals surface area (Å²) in [6, 6.07) is 50.4. The zero-order valence-electron chi connectivity index (χ0n) is 24.5. The highest BCUT2D eigenvalue weighted by Crippen LogP contribution is 2.40. The molecule has 0 bridgehead atoms. The van der Waals surface area contributed by atoms with Crippen LogP contribution < -0.4 is 0 Å². The maximum Gasteiger partial charge on any atom is 0.164 e. The molecule has 0 aliphatic rings. The van der Waals surface area contributed by atoms with Crippen molar-refractivity contribution in [1.82, 2.24) is 19.9 Å². The van der Waals surface area contributed by atoms with Crippen LogP contribution in [-0.4, -0.2) is 19.9 Å². The van der Waals surface area contributed by atoms with Crippen LogP contribution in [0.1, 0.15) is 0 Å². The van der Waals surface area contributed by atoms with E-state index in [1.54, 1.807) is 22.7 Å². The van der Waals surface area contributed by atoms with Crippen molar-refractivity contribution in [3.05, 3.63) is 146 Å². The molecule has 4 nitrogen and oxygen atoms in total. The van der Waals surface area contributed by atoms with Gasteiger partial charge in [-0.25, -0.2) is 19.9 Å². The third-order valence-corrected chi connectivity index (χ3v) is 10.4. The van der Waals surface area contributed by atoms with Crippen LogP contribution >= 0.6 is 22.7 Å². The molecular weight excluding hydrogens is 601 g/mol. The summed E-state index contributed by atoms with van der Waals surface area (Å²) in [5, 5.41) is 3.49. The Morgan fingerprint density at radius 3 is 1.50 bits per heavy atom. The molecule has 216 valence electrons. The molecule has 0 amide bonds. The highest BCUT2D eigenvalue weighted by atomic mass is 32.1. The van der Waals surface area contributed by atoms with Crippen LogP contribution in [-0.2, 0) is 0 Å². The number of hydrogen-bond acceptors (Lipinski definition) is 6. The minimum atomic E-state index is 0.653. The van der Waals surface area contributed by atoms with Gasteiger partial charge < -0.3 is 0 Å². The topological polar surface area (TPSA) is 51.6 Å². The predicted octanol–water partition coefficient (Wildman–Crippen LogP) is 11.2. The fraction of sp³-hybridized carbons (Fsp3) is 0. The second-order valence-corrected chi connectivity index (χ2v) is 13.2. The van der Waals surface area contributed by atoms with Crippen LogP contribution in [0, 0.1) is 0 Å². The molecule has 0 fully saturated rings. The number of nitrogens with zero attached hydrogens (tertiary/aromatic N) is 4. The number of fused-ring (bicyclic) bond motifs is 4.